The fourth-order valence-electron chi connectivity index (χ4n) is 9.11. The average molecular weight is 677 g/mol. The molecular weight excluding hydrogens is 641 g/mol. The Hall–Kier alpha value is -6.64. The molecule has 0 aliphatic heterocycles. The number of fused-ring (bicyclic) bond motifs is 9. The van der Waals surface area contributed by atoms with E-state index in [9.17, 15) is 0 Å². The van der Waals surface area contributed by atoms with Gasteiger partial charge in [-0.3, -0.25) is 0 Å². The van der Waals surface area contributed by atoms with Crippen molar-refractivity contribution in [3.05, 3.63) is 193 Å². The van der Waals surface area contributed by atoms with E-state index in [1.54, 1.807) is 0 Å². The van der Waals surface area contributed by atoms with E-state index in [2.05, 4.69) is 205 Å². The lowest BCUT2D eigenvalue weighted by atomic mass is 9.82. The molecule has 0 fully saturated rings. The molecule has 0 N–H and O–H groups in total. The van der Waals surface area contributed by atoms with Crippen molar-refractivity contribution < 1.29 is 0 Å². The van der Waals surface area contributed by atoms with Crippen molar-refractivity contribution in [2.45, 2.75) is 19.3 Å². The van der Waals surface area contributed by atoms with Crippen molar-refractivity contribution in [2.75, 3.05) is 0 Å². The minimum Gasteiger partial charge on any atom is -0.309 e. The van der Waals surface area contributed by atoms with E-state index in [1.165, 1.54) is 99.5 Å². The molecule has 250 valence electrons. The summed E-state index contributed by atoms with van der Waals surface area (Å²) in [6.45, 7) is 4.72. The third-order valence-corrected chi connectivity index (χ3v) is 11.7. The fourth-order valence-corrected chi connectivity index (χ4v) is 9.11. The summed E-state index contributed by atoms with van der Waals surface area (Å²) in [5, 5.41) is 5.13. The first kappa shape index (κ1) is 30.0. The van der Waals surface area contributed by atoms with Crippen LogP contribution in [-0.4, -0.2) is 9.13 Å². The van der Waals surface area contributed by atoms with E-state index in [0.29, 0.717) is 0 Å². The van der Waals surface area contributed by atoms with E-state index >= 15 is 0 Å². The van der Waals surface area contributed by atoms with Crippen LogP contribution in [-0.2, 0) is 5.41 Å². The SMILES string of the molecule is CC1(C)c2ccccc2-c2cc3c4ccccc4n(-c4ccc(-c5ccc(-c6ccc7c(c6)c6ccccc6n7-c6ccccc6)cc5)cc4)c3cc21. The van der Waals surface area contributed by atoms with Gasteiger partial charge in [0.05, 0.1) is 22.1 Å². The van der Waals surface area contributed by atoms with Gasteiger partial charge in [0, 0.05) is 38.3 Å². The number of nitrogens with zero attached hydrogens (tertiary/aromatic N) is 2. The quantitative estimate of drug-likeness (QED) is 0.176. The van der Waals surface area contributed by atoms with Crippen molar-refractivity contribution in [2.24, 2.45) is 0 Å². The van der Waals surface area contributed by atoms with Crippen LogP contribution < -0.4 is 0 Å². The summed E-state index contributed by atoms with van der Waals surface area (Å²) in [7, 11) is 0. The molecule has 53 heavy (non-hydrogen) atoms. The van der Waals surface area contributed by atoms with Gasteiger partial charge in [-0.2, -0.15) is 0 Å². The minimum absolute atomic E-state index is 0.0514. The standard InChI is InChI=1S/C51H36N2/c1-51(2)45-17-9-6-14-39(45)42-31-44-41-16-8-11-19-48(41)53(50(44)32-46(42)51)38-27-24-34(25-28-38)33-20-22-35(23-21-33)36-26-29-49-43(30-36)40-15-7-10-18-47(40)52(49)37-12-4-3-5-13-37/h3-32H,1-2H3. The molecule has 2 aromatic heterocycles. The zero-order valence-electron chi connectivity index (χ0n) is 29.7. The van der Waals surface area contributed by atoms with Gasteiger partial charge in [-0.25, -0.2) is 0 Å². The Morgan fingerprint density at radius 1 is 0.321 bits per heavy atom. The predicted octanol–water partition coefficient (Wildman–Crippen LogP) is 13.5. The third-order valence-electron chi connectivity index (χ3n) is 11.7. The first-order chi connectivity index (χ1) is 26.0. The van der Waals surface area contributed by atoms with Crippen LogP contribution >= 0.6 is 0 Å². The molecule has 2 heterocycles. The van der Waals surface area contributed by atoms with Gasteiger partial charge in [0.15, 0.2) is 0 Å². The molecule has 0 saturated carbocycles. The molecule has 2 nitrogen and oxygen atoms in total. The molecule has 0 spiro atoms. The van der Waals surface area contributed by atoms with E-state index < -0.39 is 0 Å². The van der Waals surface area contributed by atoms with Crippen LogP contribution in [0.3, 0.4) is 0 Å². The molecule has 8 aromatic carbocycles. The number of hydrogen-bond acceptors (Lipinski definition) is 0. The number of rotatable bonds is 4. The van der Waals surface area contributed by atoms with Crippen LogP contribution in [0.25, 0.3) is 88.4 Å². The van der Waals surface area contributed by atoms with Crippen LogP contribution in [0, 0.1) is 0 Å². The summed E-state index contributed by atoms with van der Waals surface area (Å²) in [4.78, 5) is 0. The Morgan fingerprint density at radius 3 is 1.51 bits per heavy atom. The lowest BCUT2D eigenvalue weighted by Gasteiger charge is -2.21. The number of para-hydroxylation sites is 3. The molecule has 0 bridgehead atoms. The maximum atomic E-state index is 2.45. The molecule has 1 aliphatic carbocycles. The maximum Gasteiger partial charge on any atom is 0.0544 e. The van der Waals surface area contributed by atoms with Crippen LogP contribution in [0.4, 0.5) is 0 Å². The monoisotopic (exact) mass is 676 g/mol. The smallest absolute Gasteiger partial charge is 0.0544 e. The highest BCUT2D eigenvalue weighted by molar-refractivity contribution is 6.12. The summed E-state index contributed by atoms with van der Waals surface area (Å²) < 4.78 is 4.81. The van der Waals surface area contributed by atoms with Gasteiger partial charge >= 0.3 is 0 Å². The normalized spacial score (nSPS) is 13.2. The Labute approximate surface area is 308 Å². The van der Waals surface area contributed by atoms with Crippen molar-refractivity contribution in [3.8, 4) is 44.8 Å². The summed E-state index contributed by atoms with van der Waals surface area (Å²) in [5.74, 6) is 0. The second-order valence-corrected chi connectivity index (χ2v) is 15.0. The lowest BCUT2D eigenvalue weighted by Crippen LogP contribution is -2.14. The number of benzene rings is 8. The van der Waals surface area contributed by atoms with Gasteiger partial charge in [0.25, 0.3) is 0 Å². The largest absolute Gasteiger partial charge is 0.309 e. The summed E-state index contributed by atoms with van der Waals surface area (Å²) >= 11 is 0. The second kappa shape index (κ2) is 11.2. The fraction of sp³-hybridized carbons (Fsp3) is 0.0588. The molecule has 2 heteroatoms. The lowest BCUT2D eigenvalue weighted by molar-refractivity contribution is 0.661. The molecule has 0 saturated heterocycles. The first-order valence-electron chi connectivity index (χ1n) is 18.5. The zero-order valence-corrected chi connectivity index (χ0v) is 29.7. The number of hydrogen-bond donors (Lipinski definition) is 0. The van der Waals surface area contributed by atoms with Gasteiger partial charge in [0.1, 0.15) is 0 Å². The van der Waals surface area contributed by atoms with Gasteiger partial charge < -0.3 is 9.13 Å². The van der Waals surface area contributed by atoms with E-state index in [1.807, 2.05) is 0 Å². The minimum atomic E-state index is -0.0514. The van der Waals surface area contributed by atoms with E-state index in [4.69, 9.17) is 0 Å². The van der Waals surface area contributed by atoms with Gasteiger partial charge in [-0.15, -0.1) is 0 Å². The molecule has 0 amide bonds. The highest BCUT2D eigenvalue weighted by Gasteiger charge is 2.36. The summed E-state index contributed by atoms with van der Waals surface area (Å²) in [6, 6.07) is 67.0. The average Bonchev–Trinajstić information content (AvgIpc) is 3.80. The topological polar surface area (TPSA) is 9.86 Å². The van der Waals surface area contributed by atoms with Crippen molar-refractivity contribution in [3.63, 3.8) is 0 Å². The van der Waals surface area contributed by atoms with Gasteiger partial charge in [0.2, 0.25) is 0 Å². The van der Waals surface area contributed by atoms with Crippen molar-refractivity contribution in [1.29, 1.82) is 0 Å². The second-order valence-electron chi connectivity index (χ2n) is 15.0. The third kappa shape index (κ3) is 4.39. The highest BCUT2D eigenvalue weighted by atomic mass is 15.0. The molecule has 0 radical (unpaired) electrons. The molecule has 1 aliphatic rings. The highest BCUT2D eigenvalue weighted by Crippen LogP contribution is 2.51. The first-order valence-corrected chi connectivity index (χ1v) is 18.5. The van der Waals surface area contributed by atoms with Crippen LogP contribution in [0.5, 0.6) is 0 Å². The molecular formula is C51H36N2. The van der Waals surface area contributed by atoms with Gasteiger partial charge in [-0.05, 0) is 105 Å². The van der Waals surface area contributed by atoms with Crippen molar-refractivity contribution >= 4 is 43.6 Å². The molecule has 0 atom stereocenters. The van der Waals surface area contributed by atoms with Crippen LogP contribution in [0.15, 0.2) is 182 Å². The molecule has 11 rings (SSSR count). The van der Waals surface area contributed by atoms with Crippen molar-refractivity contribution in [1.82, 2.24) is 9.13 Å². The molecule has 10 aromatic rings. The van der Waals surface area contributed by atoms with E-state index in [0.717, 1.165) is 0 Å². The maximum absolute atomic E-state index is 2.45. The Morgan fingerprint density at radius 2 is 0.811 bits per heavy atom. The predicted molar refractivity (Wildman–Crippen MR) is 224 cm³/mol. The number of aromatic nitrogens is 2. The Balaban J connectivity index is 0.957. The van der Waals surface area contributed by atoms with E-state index in [-0.39, 0.29) is 5.41 Å². The van der Waals surface area contributed by atoms with Gasteiger partial charge in [-0.1, -0.05) is 135 Å². The summed E-state index contributed by atoms with van der Waals surface area (Å²) in [5.41, 5.74) is 17.6. The zero-order chi connectivity index (χ0) is 35.3. The van der Waals surface area contributed by atoms with Crippen LogP contribution in [0.2, 0.25) is 0 Å². The molecule has 0 unspecified atom stereocenters. The Bertz CT molecular complexity index is 3050. The Kier molecular flexibility index (Phi) is 6.33. The van der Waals surface area contributed by atoms with Crippen LogP contribution in [0.1, 0.15) is 25.0 Å². The summed E-state index contributed by atoms with van der Waals surface area (Å²) in [6.07, 6.45) is 0.